The third kappa shape index (κ3) is 6.83. The van der Waals surface area contributed by atoms with Crippen LogP contribution in [0.15, 0.2) is 0 Å². The Morgan fingerprint density at radius 1 is 1.13 bits per heavy atom. The number of carbonyl (C=O) groups is 2. The van der Waals surface area contributed by atoms with Crippen LogP contribution in [-0.4, -0.2) is 57.8 Å². The van der Waals surface area contributed by atoms with Crippen LogP contribution in [0.1, 0.15) is 12.8 Å². The maximum Gasteiger partial charge on any atom is 0.306 e. The minimum Gasteiger partial charge on any atom is -0.481 e. The van der Waals surface area contributed by atoms with Crippen molar-refractivity contribution < 1.29 is 34.8 Å². The summed E-state index contributed by atoms with van der Waals surface area (Å²) >= 11 is 0. The Morgan fingerprint density at radius 2 is 1.73 bits per heavy atom. The summed E-state index contributed by atoms with van der Waals surface area (Å²) in [6.07, 6.45) is -3.39. The molecule has 0 aromatic rings. The molecule has 0 saturated carbocycles. The Bertz CT molecular complexity index is 215. The Morgan fingerprint density at radius 3 is 2.20 bits per heavy atom. The van der Waals surface area contributed by atoms with Crippen molar-refractivity contribution >= 4 is 11.9 Å². The number of ether oxygens (including phenoxy) is 1. The van der Waals surface area contributed by atoms with E-state index in [1.807, 2.05) is 0 Å². The van der Waals surface area contributed by atoms with E-state index < -0.39 is 37.4 Å². The first-order chi connectivity index (χ1) is 6.97. The maximum absolute atomic E-state index is 10.8. The van der Waals surface area contributed by atoms with Crippen molar-refractivity contribution in [3.05, 3.63) is 0 Å². The first kappa shape index (κ1) is 13.8. The lowest BCUT2D eigenvalue weighted by Gasteiger charge is -2.15. The second-order valence-corrected chi connectivity index (χ2v) is 2.89. The first-order valence-electron chi connectivity index (χ1n) is 4.31. The number of aliphatic carboxylic acids is 1. The summed E-state index contributed by atoms with van der Waals surface area (Å²) in [7, 11) is 0. The Kier molecular flexibility index (Phi) is 6.59. The zero-order valence-corrected chi connectivity index (χ0v) is 8.00. The van der Waals surface area contributed by atoms with E-state index in [1.54, 1.807) is 0 Å². The molecule has 0 heterocycles. The number of aliphatic hydroxyl groups is 3. The quantitative estimate of drug-likeness (QED) is 0.371. The summed E-state index contributed by atoms with van der Waals surface area (Å²) in [5.41, 5.74) is 0. The summed E-state index contributed by atoms with van der Waals surface area (Å²) in [5, 5.41) is 34.6. The molecule has 0 aliphatic rings. The average molecular weight is 222 g/mol. The van der Waals surface area contributed by atoms with E-state index in [0.29, 0.717) is 0 Å². The van der Waals surface area contributed by atoms with Gasteiger partial charge < -0.3 is 25.2 Å². The van der Waals surface area contributed by atoms with E-state index in [1.165, 1.54) is 0 Å². The van der Waals surface area contributed by atoms with E-state index in [4.69, 9.17) is 20.4 Å². The van der Waals surface area contributed by atoms with E-state index in [0.717, 1.165) is 0 Å². The molecule has 0 radical (unpaired) electrons. The summed E-state index contributed by atoms with van der Waals surface area (Å²) in [6.45, 7) is -1.12. The van der Waals surface area contributed by atoms with Gasteiger partial charge in [-0.2, -0.15) is 0 Å². The second kappa shape index (κ2) is 7.16. The fourth-order valence-corrected chi connectivity index (χ4v) is 0.692. The first-order valence-corrected chi connectivity index (χ1v) is 4.31. The van der Waals surface area contributed by atoms with Gasteiger partial charge in [-0.3, -0.25) is 9.59 Å². The molecule has 15 heavy (non-hydrogen) atoms. The second-order valence-electron chi connectivity index (χ2n) is 2.89. The van der Waals surface area contributed by atoms with E-state index in [2.05, 4.69) is 4.74 Å². The van der Waals surface area contributed by atoms with E-state index in [9.17, 15) is 9.59 Å². The molecule has 0 unspecified atom stereocenters. The molecule has 0 aromatic carbocycles. The van der Waals surface area contributed by atoms with Crippen LogP contribution in [0.3, 0.4) is 0 Å². The predicted octanol–water partition coefficient (Wildman–Crippen LogP) is -1.89. The summed E-state index contributed by atoms with van der Waals surface area (Å²) in [6, 6.07) is 0. The monoisotopic (exact) mass is 222 g/mol. The number of carbonyl (C=O) groups excluding carboxylic acids is 1. The van der Waals surface area contributed by atoms with Crippen LogP contribution in [0.4, 0.5) is 0 Å². The molecular weight excluding hydrogens is 208 g/mol. The molecule has 4 N–H and O–H groups in total. The molecular formula is C8H14O7. The normalized spacial score (nSPS) is 14.3. The Balaban J connectivity index is 3.66. The van der Waals surface area contributed by atoms with Crippen LogP contribution in [-0.2, 0) is 14.3 Å². The molecule has 0 fully saturated rings. The maximum atomic E-state index is 10.8. The fraction of sp³-hybridized carbons (Fsp3) is 0.750. The molecule has 0 aliphatic carbocycles. The van der Waals surface area contributed by atoms with Crippen molar-refractivity contribution in [2.45, 2.75) is 25.0 Å². The highest BCUT2D eigenvalue weighted by atomic mass is 16.5. The number of carboxylic acids is 1. The zero-order chi connectivity index (χ0) is 11.8. The third-order valence-electron chi connectivity index (χ3n) is 1.59. The van der Waals surface area contributed by atoms with Crippen LogP contribution in [0.5, 0.6) is 0 Å². The number of hydrogen-bond acceptors (Lipinski definition) is 6. The van der Waals surface area contributed by atoms with E-state index >= 15 is 0 Å². The zero-order valence-electron chi connectivity index (χ0n) is 8.00. The van der Waals surface area contributed by atoms with Gasteiger partial charge >= 0.3 is 11.9 Å². The van der Waals surface area contributed by atoms with Crippen LogP contribution in [0, 0.1) is 0 Å². The summed E-state index contributed by atoms with van der Waals surface area (Å²) in [4.78, 5) is 20.9. The van der Waals surface area contributed by atoms with Crippen molar-refractivity contribution in [1.82, 2.24) is 0 Å². The van der Waals surface area contributed by atoms with Gasteiger partial charge in [0.1, 0.15) is 18.8 Å². The van der Waals surface area contributed by atoms with Gasteiger partial charge in [0.15, 0.2) is 0 Å². The van der Waals surface area contributed by atoms with Gasteiger partial charge in [0.25, 0.3) is 0 Å². The molecule has 0 spiro atoms. The van der Waals surface area contributed by atoms with Gasteiger partial charge in [0.05, 0.1) is 19.4 Å². The smallest absolute Gasteiger partial charge is 0.306 e. The van der Waals surface area contributed by atoms with Crippen molar-refractivity contribution in [1.29, 1.82) is 0 Å². The Hall–Kier alpha value is -1.18. The lowest BCUT2D eigenvalue weighted by molar-refractivity contribution is -0.152. The number of esters is 1. The van der Waals surface area contributed by atoms with Crippen LogP contribution >= 0.6 is 0 Å². The highest BCUT2D eigenvalue weighted by Crippen LogP contribution is 1.97. The highest BCUT2D eigenvalue weighted by molar-refractivity contribution is 5.76. The average Bonchev–Trinajstić information content (AvgIpc) is 2.21. The largest absolute Gasteiger partial charge is 0.481 e. The van der Waals surface area contributed by atoms with Crippen molar-refractivity contribution in [2.24, 2.45) is 0 Å². The number of hydrogen-bond donors (Lipinski definition) is 4. The highest BCUT2D eigenvalue weighted by Gasteiger charge is 2.17. The van der Waals surface area contributed by atoms with Crippen molar-refractivity contribution in [3.63, 3.8) is 0 Å². The molecule has 0 amide bonds. The van der Waals surface area contributed by atoms with Crippen LogP contribution in [0.25, 0.3) is 0 Å². The molecule has 7 heteroatoms. The molecule has 2 atom stereocenters. The minimum absolute atomic E-state index is 0.294. The molecule has 88 valence electrons. The van der Waals surface area contributed by atoms with Gasteiger partial charge in [0.2, 0.25) is 0 Å². The van der Waals surface area contributed by atoms with Gasteiger partial charge in [-0.1, -0.05) is 0 Å². The predicted molar refractivity (Wildman–Crippen MR) is 46.9 cm³/mol. The molecule has 0 rings (SSSR count). The van der Waals surface area contributed by atoms with E-state index in [-0.39, 0.29) is 12.8 Å². The number of carboxylic acid groups (broad SMARTS) is 1. The van der Waals surface area contributed by atoms with Gasteiger partial charge in [-0.15, -0.1) is 0 Å². The standard InChI is InChI=1S/C8H14O7/c9-3-5(10)6(11)4-15-8(14)2-1-7(12)13/h5-6,9-11H,1-4H2,(H,12,13)/t5-,6+/m1/s1. The molecule has 0 bridgehead atoms. The third-order valence-corrected chi connectivity index (χ3v) is 1.59. The minimum atomic E-state index is -1.38. The topological polar surface area (TPSA) is 124 Å². The SMILES string of the molecule is O=C(O)CCC(=O)OC[C@H](O)[C@H](O)CO. The van der Waals surface area contributed by atoms with Crippen LogP contribution in [0.2, 0.25) is 0 Å². The van der Waals surface area contributed by atoms with Crippen molar-refractivity contribution in [3.8, 4) is 0 Å². The molecule has 7 nitrogen and oxygen atoms in total. The molecule has 0 aromatic heterocycles. The Labute approximate surface area is 85.9 Å². The summed E-state index contributed by atoms with van der Waals surface area (Å²) < 4.78 is 4.45. The lowest BCUT2D eigenvalue weighted by Crippen LogP contribution is -2.34. The van der Waals surface area contributed by atoms with Gasteiger partial charge in [0, 0.05) is 0 Å². The molecule has 0 aliphatic heterocycles. The molecule has 0 saturated heterocycles. The van der Waals surface area contributed by atoms with Crippen molar-refractivity contribution in [2.75, 3.05) is 13.2 Å². The number of rotatable bonds is 7. The van der Waals surface area contributed by atoms with Crippen LogP contribution < -0.4 is 0 Å². The summed E-state index contributed by atoms with van der Waals surface area (Å²) in [5.74, 6) is -1.90. The number of aliphatic hydroxyl groups excluding tert-OH is 3. The lowest BCUT2D eigenvalue weighted by atomic mass is 10.2. The van der Waals surface area contributed by atoms with Gasteiger partial charge in [-0.25, -0.2) is 0 Å². The van der Waals surface area contributed by atoms with Gasteiger partial charge in [-0.05, 0) is 0 Å². The fourth-order valence-electron chi connectivity index (χ4n) is 0.692.